The second-order valence-electron chi connectivity index (χ2n) is 5.71. The van der Waals surface area contributed by atoms with E-state index in [0.29, 0.717) is 11.8 Å². The van der Waals surface area contributed by atoms with Gasteiger partial charge in [-0.15, -0.1) is 11.6 Å². The van der Waals surface area contributed by atoms with E-state index in [1.54, 1.807) is 0 Å². The molecule has 0 aliphatic heterocycles. The van der Waals surface area contributed by atoms with Gasteiger partial charge in [0.2, 0.25) is 0 Å². The number of halogens is 2. The molecule has 0 atom stereocenters. The Bertz CT molecular complexity index is 499. The first-order valence-corrected chi connectivity index (χ1v) is 7.36. The number of alkyl halides is 1. The van der Waals surface area contributed by atoms with Gasteiger partial charge in [-0.3, -0.25) is 4.79 Å². The maximum atomic E-state index is 13.2. The van der Waals surface area contributed by atoms with Crippen LogP contribution in [0.2, 0.25) is 0 Å². The van der Waals surface area contributed by atoms with E-state index in [2.05, 4.69) is 12.2 Å². The van der Waals surface area contributed by atoms with Gasteiger partial charge >= 0.3 is 0 Å². The third-order valence-corrected chi connectivity index (χ3v) is 4.58. The first-order chi connectivity index (χ1) is 9.46. The summed E-state index contributed by atoms with van der Waals surface area (Å²) in [6, 6.07) is 3.34. The molecule has 0 unspecified atom stereocenters. The summed E-state index contributed by atoms with van der Waals surface area (Å²) in [6.45, 7) is 2.18. The second-order valence-corrected chi connectivity index (χ2v) is 5.98. The quantitative estimate of drug-likeness (QED) is 0.840. The third kappa shape index (κ3) is 3.23. The van der Waals surface area contributed by atoms with Crippen LogP contribution in [0.3, 0.4) is 0 Å². The molecule has 2 N–H and O–H groups in total. The molecular formula is C15H19ClFNO2. The zero-order valence-electron chi connectivity index (χ0n) is 11.5. The second kappa shape index (κ2) is 6.00. The molecule has 1 aromatic carbocycles. The van der Waals surface area contributed by atoms with E-state index in [-0.39, 0.29) is 11.3 Å². The van der Waals surface area contributed by atoms with Crippen molar-refractivity contribution in [3.05, 3.63) is 29.6 Å². The first-order valence-electron chi connectivity index (χ1n) is 6.83. The largest absolute Gasteiger partial charge is 0.507 e. The van der Waals surface area contributed by atoms with Crippen LogP contribution >= 0.6 is 11.6 Å². The lowest BCUT2D eigenvalue weighted by Crippen LogP contribution is -2.52. The lowest BCUT2D eigenvalue weighted by molar-refractivity contribution is 0.0869. The lowest BCUT2D eigenvalue weighted by atomic mass is 9.78. The van der Waals surface area contributed by atoms with E-state index in [0.717, 1.165) is 37.8 Å². The van der Waals surface area contributed by atoms with Gasteiger partial charge < -0.3 is 10.4 Å². The van der Waals surface area contributed by atoms with Crippen LogP contribution in [0, 0.1) is 11.7 Å². The Morgan fingerprint density at radius 1 is 1.50 bits per heavy atom. The molecule has 3 nitrogen and oxygen atoms in total. The number of carbonyl (C=O) groups excluding carboxylic acids is 1. The summed E-state index contributed by atoms with van der Waals surface area (Å²) in [5.41, 5.74) is -0.503. The van der Waals surface area contributed by atoms with Crippen molar-refractivity contribution in [1.29, 1.82) is 0 Å². The lowest BCUT2D eigenvalue weighted by Gasteiger charge is -2.38. The fraction of sp³-hybridized carbons (Fsp3) is 0.533. The molecule has 1 aliphatic carbocycles. The molecule has 20 heavy (non-hydrogen) atoms. The van der Waals surface area contributed by atoms with Gasteiger partial charge in [0.25, 0.3) is 5.91 Å². The van der Waals surface area contributed by atoms with Crippen molar-refractivity contribution in [3.8, 4) is 5.75 Å². The number of phenols is 1. The van der Waals surface area contributed by atoms with Crippen molar-refractivity contribution in [1.82, 2.24) is 5.32 Å². The molecule has 0 spiro atoms. The van der Waals surface area contributed by atoms with E-state index in [1.165, 1.54) is 6.07 Å². The van der Waals surface area contributed by atoms with E-state index in [9.17, 15) is 14.3 Å². The molecule has 5 heteroatoms. The number of hydrogen-bond donors (Lipinski definition) is 2. The average Bonchev–Trinajstić information content (AvgIpc) is 2.44. The van der Waals surface area contributed by atoms with Crippen LogP contribution in [0.4, 0.5) is 4.39 Å². The normalized spacial score (nSPS) is 26.2. The minimum atomic E-state index is -0.551. The summed E-state index contributed by atoms with van der Waals surface area (Å²) in [5, 5.41) is 12.6. The fourth-order valence-electron chi connectivity index (χ4n) is 2.61. The number of hydrogen-bond acceptors (Lipinski definition) is 2. The van der Waals surface area contributed by atoms with Crippen molar-refractivity contribution in [2.75, 3.05) is 5.88 Å². The minimum absolute atomic E-state index is 0.0480. The zero-order chi connectivity index (χ0) is 14.8. The van der Waals surface area contributed by atoms with Gasteiger partial charge in [-0.1, -0.05) is 6.92 Å². The highest BCUT2D eigenvalue weighted by Gasteiger charge is 2.35. The molecule has 2 rings (SSSR count). The Hall–Kier alpha value is -1.29. The molecule has 1 aliphatic rings. The van der Waals surface area contributed by atoms with Gasteiger partial charge in [0.1, 0.15) is 11.6 Å². The van der Waals surface area contributed by atoms with Crippen molar-refractivity contribution in [2.45, 2.75) is 38.1 Å². The summed E-state index contributed by atoms with van der Waals surface area (Å²) in [5.74, 6) is -0.299. The van der Waals surface area contributed by atoms with Crippen LogP contribution in [-0.2, 0) is 0 Å². The van der Waals surface area contributed by atoms with Gasteiger partial charge in [-0.25, -0.2) is 4.39 Å². The summed E-state index contributed by atoms with van der Waals surface area (Å²) in [7, 11) is 0. The Morgan fingerprint density at radius 3 is 2.75 bits per heavy atom. The van der Waals surface area contributed by atoms with Crippen LogP contribution in [0.1, 0.15) is 43.0 Å². The molecule has 110 valence electrons. The fourth-order valence-corrected chi connectivity index (χ4v) is 2.94. The third-order valence-electron chi connectivity index (χ3n) is 4.07. The monoisotopic (exact) mass is 299 g/mol. The van der Waals surface area contributed by atoms with Crippen LogP contribution < -0.4 is 5.32 Å². The highest BCUT2D eigenvalue weighted by atomic mass is 35.5. The smallest absolute Gasteiger partial charge is 0.255 e. The highest BCUT2D eigenvalue weighted by Crippen LogP contribution is 2.33. The molecule has 1 fully saturated rings. The van der Waals surface area contributed by atoms with Crippen LogP contribution in [0.15, 0.2) is 18.2 Å². The number of aromatic hydroxyl groups is 1. The van der Waals surface area contributed by atoms with Crippen LogP contribution in [-0.4, -0.2) is 22.4 Å². The molecule has 0 heterocycles. The number of amides is 1. The molecule has 1 aromatic rings. The maximum absolute atomic E-state index is 13.2. The van der Waals surface area contributed by atoms with Gasteiger partial charge in [-0.2, -0.15) is 0 Å². The van der Waals surface area contributed by atoms with Crippen molar-refractivity contribution < 1.29 is 14.3 Å². The van der Waals surface area contributed by atoms with Crippen LogP contribution in [0.5, 0.6) is 5.75 Å². The molecule has 0 radical (unpaired) electrons. The number of rotatable bonds is 3. The molecule has 1 amide bonds. The molecule has 0 aromatic heterocycles. The summed E-state index contributed by atoms with van der Waals surface area (Å²) in [6.07, 6.45) is 3.61. The summed E-state index contributed by atoms with van der Waals surface area (Å²) in [4.78, 5) is 12.2. The van der Waals surface area contributed by atoms with Gasteiger partial charge in [0, 0.05) is 5.88 Å². The van der Waals surface area contributed by atoms with E-state index in [1.807, 2.05) is 0 Å². The number of carbonyl (C=O) groups is 1. The number of benzene rings is 1. The Kier molecular flexibility index (Phi) is 4.53. The Balaban J connectivity index is 2.15. The standard InChI is InChI=1S/C15H19ClFNO2/c1-10-4-6-15(9-16,7-5-10)18-14(20)12-8-11(17)2-3-13(12)19/h2-3,8,10,19H,4-7,9H2,1H3,(H,18,20). The van der Waals surface area contributed by atoms with Crippen molar-refractivity contribution >= 4 is 17.5 Å². The summed E-state index contributed by atoms with van der Waals surface area (Å²) < 4.78 is 13.2. The van der Waals surface area contributed by atoms with Gasteiger partial charge in [0.15, 0.2) is 0 Å². The van der Waals surface area contributed by atoms with E-state index >= 15 is 0 Å². The van der Waals surface area contributed by atoms with Crippen LogP contribution in [0.25, 0.3) is 0 Å². The molecule has 0 bridgehead atoms. The Labute approximate surface area is 123 Å². The van der Waals surface area contributed by atoms with Crippen molar-refractivity contribution in [3.63, 3.8) is 0 Å². The average molecular weight is 300 g/mol. The first kappa shape index (κ1) is 15.1. The minimum Gasteiger partial charge on any atom is -0.507 e. The summed E-state index contributed by atoms with van der Waals surface area (Å²) >= 11 is 6.04. The highest BCUT2D eigenvalue weighted by molar-refractivity contribution is 6.19. The number of phenolic OH excluding ortho intramolecular Hbond substituents is 1. The van der Waals surface area contributed by atoms with Gasteiger partial charge in [-0.05, 0) is 49.8 Å². The van der Waals surface area contributed by atoms with Gasteiger partial charge in [0.05, 0.1) is 11.1 Å². The van der Waals surface area contributed by atoms with Crippen molar-refractivity contribution in [2.24, 2.45) is 5.92 Å². The van der Waals surface area contributed by atoms with E-state index < -0.39 is 17.3 Å². The molecular weight excluding hydrogens is 281 g/mol. The maximum Gasteiger partial charge on any atom is 0.255 e. The number of nitrogens with one attached hydrogen (secondary N) is 1. The zero-order valence-corrected chi connectivity index (χ0v) is 12.2. The van der Waals surface area contributed by atoms with E-state index in [4.69, 9.17) is 11.6 Å². The predicted molar refractivity (Wildman–Crippen MR) is 76.6 cm³/mol. The molecule has 1 saturated carbocycles. The molecule has 0 saturated heterocycles. The SMILES string of the molecule is CC1CCC(CCl)(NC(=O)c2cc(F)ccc2O)CC1. The predicted octanol–water partition coefficient (Wildman–Crippen LogP) is 3.45. The topological polar surface area (TPSA) is 49.3 Å². The Morgan fingerprint density at radius 2 is 2.15 bits per heavy atom.